The molecule has 28 heavy (non-hydrogen) atoms. The van der Waals surface area contributed by atoms with Crippen molar-refractivity contribution in [3.63, 3.8) is 0 Å². The monoisotopic (exact) mass is 393 g/mol. The maximum Gasteiger partial charge on any atom is -0.0414 e. The van der Waals surface area contributed by atoms with Crippen molar-refractivity contribution in [1.82, 2.24) is 0 Å². The van der Waals surface area contributed by atoms with Gasteiger partial charge in [0, 0.05) is 0 Å². The van der Waals surface area contributed by atoms with Gasteiger partial charge in [0.05, 0.1) is 0 Å². The summed E-state index contributed by atoms with van der Waals surface area (Å²) < 4.78 is 0. The molecule has 1 unspecified atom stereocenters. The zero-order chi connectivity index (χ0) is 20.5. The molecule has 0 heterocycles. The maximum atomic E-state index is 4.00. The molecule has 0 rings (SSSR count). The molecule has 0 aliphatic rings. The van der Waals surface area contributed by atoms with Gasteiger partial charge in [-0.2, -0.15) is 0 Å². The molecule has 1 radical (unpaired) electrons. The highest BCUT2D eigenvalue weighted by Crippen LogP contribution is 2.24. The fourth-order valence-corrected chi connectivity index (χ4v) is 4.53. The van der Waals surface area contributed by atoms with Gasteiger partial charge in [-0.1, -0.05) is 175 Å². The van der Waals surface area contributed by atoms with Crippen LogP contribution in [0.15, 0.2) is 0 Å². The van der Waals surface area contributed by atoms with Crippen LogP contribution in [0.5, 0.6) is 0 Å². The Hall–Kier alpha value is 0. The first-order chi connectivity index (χ1) is 13.8. The van der Waals surface area contributed by atoms with Crippen LogP contribution in [0.1, 0.15) is 168 Å². The molecule has 0 aromatic carbocycles. The first kappa shape index (κ1) is 28.0. The second-order valence-corrected chi connectivity index (χ2v) is 9.45. The fourth-order valence-electron chi connectivity index (χ4n) is 4.53. The van der Waals surface area contributed by atoms with E-state index in [2.05, 4.69) is 20.8 Å². The van der Waals surface area contributed by atoms with Crippen LogP contribution in [-0.4, -0.2) is 0 Å². The topological polar surface area (TPSA) is 0 Å². The Balaban J connectivity index is 3.68. The molecule has 0 N–H and O–H groups in total. The van der Waals surface area contributed by atoms with Crippen LogP contribution >= 0.6 is 0 Å². The lowest BCUT2D eigenvalue weighted by molar-refractivity contribution is 0.366. The molecule has 0 aromatic rings. The van der Waals surface area contributed by atoms with Gasteiger partial charge in [-0.25, -0.2) is 0 Å². The summed E-state index contributed by atoms with van der Waals surface area (Å²) in [4.78, 5) is 0. The first-order valence-electron chi connectivity index (χ1n) is 13.6. The van der Waals surface area contributed by atoms with E-state index in [0.29, 0.717) is 0 Å². The van der Waals surface area contributed by atoms with E-state index in [1.807, 2.05) is 0 Å². The number of rotatable bonds is 24. The Morgan fingerprint density at radius 1 is 0.393 bits per heavy atom. The van der Waals surface area contributed by atoms with E-state index in [1.54, 1.807) is 0 Å². The van der Waals surface area contributed by atoms with Crippen molar-refractivity contribution in [2.45, 2.75) is 168 Å². The molecule has 0 spiro atoms. The summed E-state index contributed by atoms with van der Waals surface area (Å²) in [6.45, 7) is 8.62. The van der Waals surface area contributed by atoms with Crippen LogP contribution in [-0.2, 0) is 0 Å². The molecule has 0 aliphatic carbocycles. The van der Waals surface area contributed by atoms with Crippen molar-refractivity contribution in [2.24, 2.45) is 5.92 Å². The van der Waals surface area contributed by atoms with E-state index in [-0.39, 0.29) is 0 Å². The molecule has 0 bridgehead atoms. The molecule has 1 atom stereocenters. The van der Waals surface area contributed by atoms with Gasteiger partial charge in [-0.15, -0.1) is 0 Å². The quantitative estimate of drug-likeness (QED) is 0.143. The Kier molecular flexibility index (Phi) is 25.0. The van der Waals surface area contributed by atoms with Crippen LogP contribution < -0.4 is 0 Å². The second-order valence-electron chi connectivity index (χ2n) is 9.45. The molecule has 0 aliphatic heterocycles. The van der Waals surface area contributed by atoms with Crippen molar-refractivity contribution in [1.29, 1.82) is 0 Å². The molecular weight excluding hydrogens is 336 g/mol. The molecule has 0 nitrogen and oxygen atoms in total. The van der Waals surface area contributed by atoms with E-state index in [9.17, 15) is 0 Å². The summed E-state index contributed by atoms with van der Waals surface area (Å²) in [5.74, 6) is 1.02. The largest absolute Gasteiger partial charge is 0.0654 e. The van der Waals surface area contributed by atoms with E-state index in [4.69, 9.17) is 0 Å². The highest BCUT2D eigenvalue weighted by atomic mass is 14.1. The van der Waals surface area contributed by atoms with Crippen molar-refractivity contribution in [3.05, 3.63) is 6.92 Å². The Morgan fingerprint density at radius 3 is 1.00 bits per heavy atom. The summed E-state index contributed by atoms with van der Waals surface area (Å²) in [7, 11) is 0. The van der Waals surface area contributed by atoms with Crippen molar-refractivity contribution >= 4 is 0 Å². The Bertz CT molecular complexity index is 257. The predicted octanol–water partition coefficient (Wildman–Crippen LogP) is 10.8. The van der Waals surface area contributed by atoms with Gasteiger partial charge < -0.3 is 0 Å². The lowest BCUT2D eigenvalue weighted by Crippen LogP contribution is -2.01. The third kappa shape index (κ3) is 22.3. The maximum absolute atomic E-state index is 4.00. The van der Waals surface area contributed by atoms with Crippen molar-refractivity contribution < 1.29 is 0 Å². The van der Waals surface area contributed by atoms with Gasteiger partial charge in [-0.05, 0) is 5.92 Å². The van der Waals surface area contributed by atoms with E-state index in [0.717, 1.165) is 12.3 Å². The number of hydrogen-bond donors (Lipinski definition) is 0. The highest BCUT2D eigenvalue weighted by molar-refractivity contribution is 4.62. The lowest BCUT2D eigenvalue weighted by atomic mass is 9.89. The summed E-state index contributed by atoms with van der Waals surface area (Å²) in [6, 6.07) is 0. The van der Waals surface area contributed by atoms with Crippen molar-refractivity contribution in [3.8, 4) is 0 Å². The first-order valence-corrected chi connectivity index (χ1v) is 13.6. The summed E-state index contributed by atoms with van der Waals surface area (Å²) in [6.07, 6.45) is 34.7. The lowest BCUT2D eigenvalue weighted by Gasteiger charge is -2.17. The third-order valence-corrected chi connectivity index (χ3v) is 6.54. The highest BCUT2D eigenvalue weighted by Gasteiger charge is 2.08. The van der Waals surface area contributed by atoms with Crippen LogP contribution in [0.25, 0.3) is 0 Å². The fraction of sp³-hybridized carbons (Fsp3) is 0.964. The molecule has 0 heteroatoms. The average molecular weight is 394 g/mol. The molecule has 169 valence electrons. The van der Waals surface area contributed by atoms with Gasteiger partial charge in [0.1, 0.15) is 0 Å². The van der Waals surface area contributed by atoms with Gasteiger partial charge in [0.2, 0.25) is 0 Å². The second kappa shape index (κ2) is 25.0. The standard InChI is InChI=1S/C28H57/c1-4-7-10-13-15-16-17-19-21-24-27-28(25-22-12-9-6-3)26-23-20-18-14-11-8-5-2/h28H,3-27H2,1-2H3. The molecular formula is C28H57. The van der Waals surface area contributed by atoms with E-state index >= 15 is 0 Å². The normalized spacial score (nSPS) is 12.5. The van der Waals surface area contributed by atoms with E-state index < -0.39 is 0 Å². The smallest absolute Gasteiger partial charge is 0.0414 e. The minimum absolute atomic E-state index is 1.02. The van der Waals surface area contributed by atoms with Crippen LogP contribution in [0.2, 0.25) is 0 Å². The summed E-state index contributed by atoms with van der Waals surface area (Å²) in [5, 5.41) is 0. The van der Waals surface area contributed by atoms with Crippen LogP contribution in [0.4, 0.5) is 0 Å². The molecule has 0 fully saturated rings. The summed E-state index contributed by atoms with van der Waals surface area (Å²) in [5.41, 5.74) is 0. The van der Waals surface area contributed by atoms with Gasteiger partial charge in [0.15, 0.2) is 0 Å². The van der Waals surface area contributed by atoms with Crippen molar-refractivity contribution in [2.75, 3.05) is 0 Å². The third-order valence-electron chi connectivity index (χ3n) is 6.54. The minimum Gasteiger partial charge on any atom is -0.0654 e. The van der Waals surface area contributed by atoms with Crippen LogP contribution in [0.3, 0.4) is 0 Å². The van der Waals surface area contributed by atoms with Gasteiger partial charge >= 0.3 is 0 Å². The Labute approximate surface area is 181 Å². The van der Waals surface area contributed by atoms with E-state index in [1.165, 1.54) is 148 Å². The average Bonchev–Trinajstić information content (AvgIpc) is 2.71. The SMILES string of the molecule is [CH2]CCCCCC(CCCCCCCCC)CCCCCCCCCCCC. The van der Waals surface area contributed by atoms with Gasteiger partial charge in [0.25, 0.3) is 0 Å². The predicted molar refractivity (Wildman–Crippen MR) is 131 cm³/mol. The molecule has 0 saturated heterocycles. The van der Waals surface area contributed by atoms with Crippen LogP contribution in [0, 0.1) is 12.8 Å². The number of hydrogen-bond acceptors (Lipinski definition) is 0. The number of unbranched alkanes of at least 4 members (excludes halogenated alkanes) is 18. The Morgan fingerprint density at radius 2 is 0.679 bits per heavy atom. The molecule has 0 saturated carbocycles. The summed E-state index contributed by atoms with van der Waals surface area (Å²) >= 11 is 0. The zero-order valence-electron chi connectivity index (χ0n) is 20.3. The molecule has 0 aromatic heterocycles. The minimum atomic E-state index is 1.02. The van der Waals surface area contributed by atoms with Gasteiger partial charge in [-0.3, -0.25) is 0 Å². The zero-order valence-corrected chi connectivity index (χ0v) is 20.3. The molecule has 0 amide bonds.